The zero-order valence-corrected chi connectivity index (χ0v) is 11.5. The van der Waals surface area contributed by atoms with Gasteiger partial charge in [-0.15, -0.1) is 0 Å². The van der Waals surface area contributed by atoms with Crippen molar-refractivity contribution in [3.8, 4) is 0 Å². The molecule has 0 aromatic carbocycles. The molecule has 0 fully saturated rings. The largest absolute Gasteiger partial charge is 0.458 e. The van der Waals surface area contributed by atoms with E-state index in [1.54, 1.807) is 12.1 Å². The van der Waals surface area contributed by atoms with Crippen molar-refractivity contribution < 1.29 is 17.9 Å². The molecule has 0 atom stereocenters. The van der Waals surface area contributed by atoms with Gasteiger partial charge in [0.1, 0.15) is 13.2 Å². The summed E-state index contributed by atoms with van der Waals surface area (Å²) in [6, 6.07) is 3.17. The van der Waals surface area contributed by atoms with Gasteiger partial charge in [-0.05, 0) is 12.1 Å². The van der Waals surface area contributed by atoms with Gasteiger partial charge in [-0.3, -0.25) is 9.78 Å². The lowest BCUT2D eigenvalue weighted by Gasteiger charge is -2.12. The van der Waals surface area contributed by atoms with Crippen LogP contribution in [0.5, 0.6) is 0 Å². The van der Waals surface area contributed by atoms with Gasteiger partial charge in [-0.1, -0.05) is 11.6 Å². The summed E-state index contributed by atoms with van der Waals surface area (Å²) >= 11 is 5.74. The number of hydrogen-bond donors (Lipinski definition) is 0. The Morgan fingerprint density at radius 2 is 2.22 bits per heavy atom. The van der Waals surface area contributed by atoms with E-state index in [2.05, 4.69) is 4.98 Å². The number of rotatable bonds is 5. The third-order valence-corrected chi connectivity index (χ3v) is 3.57. The molecular weight excluding hydrogens is 280 g/mol. The first-order chi connectivity index (χ1) is 8.29. The molecule has 0 bridgehead atoms. The number of carbonyl (C=O) groups is 1. The third kappa shape index (κ3) is 4.99. The summed E-state index contributed by atoms with van der Waals surface area (Å²) in [6.45, 7) is -0.379. The highest BCUT2D eigenvalue weighted by Crippen LogP contribution is 2.08. The Hall–Kier alpha value is -1.18. The molecule has 0 unspecified atom stereocenters. The number of ether oxygens (including phenoxy) is 1. The second-order valence-corrected chi connectivity index (χ2v) is 6.17. The number of likely N-dealkylation sites (N-methyl/N-ethyl adjacent to an activating group) is 1. The fraction of sp³-hybridized carbons (Fsp3) is 0.400. The monoisotopic (exact) mass is 292 g/mol. The second kappa shape index (κ2) is 6.12. The van der Waals surface area contributed by atoms with Crippen LogP contribution in [0.2, 0.25) is 5.02 Å². The van der Waals surface area contributed by atoms with Gasteiger partial charge in [-0.25, -0.2) is 8.42 Å². The number of hydrogen-bond acceptors (Lipinski definition) is 5. The molecule has 6 nitrogen and oxygen atoms in total. The fourth-order valence-corrected chi connectivity index (χ4v) is 1.55. The highest BCUT2D eigenvalue weighted by atomic mass is 35.5. The molecular formula is C10H13ClN2O4S. The van der Waals surface area contributed by atoms with Crippen molar-refractivity contribution in [1.82, 2.24) is 9.29 Å². The van der Waals surface area contributed by atoms with Crippen molar-refractivity contribution in [1.29, 1.82) is 0 Å². The van der Waals surface area contributed by atoms with Gasteiger partial charge in [0, 0.05) is 18.3 Å². The predicted octanol–water partition coefficient (Wildman–Crippen LogP) is 0.670. The molecule has 1 rings (SSSR count). The number of carbonyl (C=O) groups excluding carboxylic acids is 1. The van der Waals surface area contributed by atoms with Crippen LogP contribution >= 0.6 is 11.6 Å². The molecule has 0 spiro atoms. The Kier molecular flexibility index (Phi) is 5.06. The molecule has 0 amide bonds. The van der Waals surface area contributed by atoms with Crippen LogP contribution in [0.25, 0.3) is 0 Å². The maximum atomic E-state index is 11.4. The van der Waals surface area contributed by atoms with Crippen molar-refractivity contribution in [3.63, 3.8) is 0 Å². The average Bonchev–Trinajstić information content (AvgIpc) is 2.25. The van der Waals surface area contributed by atoms with Crippen molar-refractivity contribution >= 4 is 27.6 Å². The van der Waals surface area contributed by atoms with Crippen LogP contribution in [0.3, 0.4) is 0 Å². The smallest absolute Gasteiger partial charge is 0.321 e. The van der Waals surface area contributed by atoms with E-state index in [9.17, 15) is 13.2 Å². The summed E-state index contributed by atoms with van der Waals surface area (Å²) in [5.41, 5.74) is 0.498. The van der Waals surface area contributed by atoms with E-state index in [1.165, 1.54) is 13.2 Å². The molecule has 0 radical (unpaired) electrons. The van der Waals surface area contributed by atoms with Crippen molar-refractivity contribution in [2.24, 2.45) is 0 Å². The predicted molar refractivity (Wildman–Crippen MR) is 66.5 cm³/mol. The lowest BCUT2D eigenvalue weighted by Crippen LogP contribution is -2.32. The van der Waals surface area contributed by atoms with E-state index in [4.69, 9.17) is 16.3 Å². The van der Waals surface area contributed by atoms with E-state index < -0.39 is 16.0 Å². The van der Waals surface area contributed by atoms with Gasteiger partial charge in [0.15, 0.2) is 0 Å². The number of aromatic nitrogens is 1. The lowest BCUT2D eigenvalue weighted by atomic mass is 10.4. The minimum atomic E-state index is -3.39. The van der Waals surface area contributed by atoms with Crippen LogP contribution in [-0.2, 0) is 26.2 Å². The summed E-state index contributed by atoms with van der Waals surface area (Å²) in [7, 11) is -2.09. The first-order valence-corrected chi connectivity index (χ1v) is 7.19. The van der Waals surface area contributed by atoms with E-state index >= 15 is 0 Å². The lowest BCUT2D eigenvalue weighted by molar-refractivity contribution is -0.145. The molecule has 1 aromatic rings. The number of sulfonamides is 1. The highest BCUT2D eigenvalue weighted by Gasteiger charge is 2.16. The molecule has 0 saturated carbocycles. The van der Waals surface area contributed by atoms with Gasteiger partial charge in [0.2, 0.25) is 10.0 Å². The van der Waals surface area contributed by atoms with E-state index in [-0.39, 0.29) is 13.2 Å². The van der Waals surface area contributed by atoms with Gasteiger partial charge in [0.05, 0.1) is 11.9 Å². The summed E-state index contributed by atoms with van der Waals surface area (Å²) < 4.78 is 27.9. The van der Waals surface area contributed by atoms with Crippen LogP contribution in [0.1, 0.15) is 5.69 Å². The molecule has 1 aromatic heterocycles. The molecule has 100 valence electrons. The van der Waals surface area contributed by atoms with Crippen molar-refractivity contribution in [2.45, 2.75) is 6.61 Å². The number of pyridine rings is 1. The first-order valence-electron chi connectivity index (χ1n) is 4.96. The number of esters is 1. The SMILES string of the molecule is CN(CC(=O)OCc1cc(Cl)ccn1)S(C)(=O)=O. The quantitative estimate of drug-likeness (QED) is 0.746. The maximum Gasteiger partial charge on any atom is 0.321 e. The molecule has 0 aliphatic rings. The van der Waals surface area contributed by atoms with Gasteiger partial charge < -0.3 is 4.74 Å². The Balaban J connectivity index is 2.47. The molecule has 0 aliphatic heterocycles. The molecule has 0 aliphatic carbocycles. The first kappa shape index (κ1) is 14.9. The number of halogens is 1. The topological polar surface area (TPSA) is 76.6 Å². The van der Waals surface area contributed by atoms with Crippen LogP contribution in [0.15, 0.2) is 18.3 Å². The summed E-state index contributed by atoms with van der Waals surface area (Å²) in [5.74, 6) is -0.648. The molecule has 1 heterocycles. The fourth-order valence-electron chi connectivity index (χ4n) is 1.03. The average molecular weight is 293 g/mol. The van der Waals surface area contributed by atoms with E-state index in [0.717, 1.165) is 10.6 Å². The van der Waals surface area contributed by atoms with Crippen LogP contribution in [0, 0.1) is 0 Å². The second-order valence-electron chi connectivity index (χ2n) is 3.65. The standard InChI is InChI=1S/C10H13ClN2O4S/c1-13(18(2,15)16)6-10(14)17-7-9-5-8(11)3-4-12-9/h3-5H,6-7H2,1-2H3. The Labute approximate surface area is 111 Å². The summed E-state index contributed by atoms with van der Waals surface area (Å²) in [6.07, 6.45) is 2.51. The maximum absolute atomic E-state index is 11.4. The van der Waals surface area contributed by atoms with Gasteiger partial charge in [0.25, 0.3) is 0 Å². The molecule has 18 heavy (non-hydrogen) atoms. The van der Waals surface area contributed by atoms with Gasteiger partial charge in [-0.2, -0.15) is 4.31 Å². The Morgan fingerprint density at radius 1 is 1.56 bits per heavy atom. The number of nitrogens with zero attached hydrogens (tertiary/aromatic N) is 2. The minimum Gasteiger partial charge on any atom is -0.458 e. The zero-order valence-electron chi connectivity index (χ0n) is 9.96. The summed E-state index contributed by atoms with van der Waals surface area (Å²) in [5, 5.41) is 0.490. The third-order valence-electron chi connectivity index (χ3n) is 2.08. The molecule has 0 N–H and O–H groups in total. The highest BCUT2D eigenvalue weighted by molar-refractivity contribution is 7.88. The van der Waals surface area contributed by atoms with E-state index in [0.29, 0.717) is 10.7 Å². The molecule has 8 heteroatoms. The van der Waals surface area contributed by atoms with Crippen LogP contribution in [0.4, 0.5) is 0 Å². The van der Waals surface area contributed by atoms with Crippen molar-refractivity contribution in [3.05, 3.63) is 29.0 Å². The molecule has 0 saturated heterocycles. The Bertz CT molecular complexity index is 532. The summed E-state index contributed by atoms with van der Waals surface area (Å²) in [4.78, 5) is 15.3. The zero-order chi connectivity index (χ0) is 13.8. The van der Waals surface area contributed by atoms with E-state index in [1.807, 2.05) is 0 Å². The minimum absolute atomic E-state index is 0.0446. The Morgan fingerprint density at radius 3 is 2.78 bits per heavy atom. The van der Waals surface area contributed by atoms with Gasteiger partial charge >= 0.3 is 5.97 Å². The normalized spacial score (nSPS) is 11.6. The van der Waals surface area contributed by atoms with Crippen LogP contribution < -0.4 is 0 Å². The van der Waals surface area contributed by atoms with Crippen LogP contribution in [-0.4, -0.2) is 43.5 Å². The van der Waals surface area contributed by atoms with Crippen molar-refractivity contribution in [2.75, 3.05) is 19.8 Å².